The Morgan fingerprint density at radius 2 is 2.19 bits per heavy atom. The van der Waals surface area contributed by atoms with Crippen molar-refractivity contribution in [1.82, 2.24) is 14.9 Å². The van der Waals surface area contributed by atoms with Gasteiger partial charge in [0.05, 0.1) is 0 Å². The van der Waals surface area contributed by atoms with Crippen molar-refractivity contribution < 1.29 is 0 Å². The molecule has 1 aliphatic rings. The zero-order chi connectivity index (χ0) is 11.4. The first kappa shape index (κ1) is 11.1. The number of hydrogen-bond donors (Lipinski definition) is 1. The second-order valence-corrected chi connectivity index (χ2v) is 3.99. The van der Waals surface area contributed by atoms with Crippen LogP contribution in [0.5, 0.6) is 0 Å². The zero-order valence-corrected chi connectivity index (χ0v) is 9.65. The summed E-state index contributed by atoms with van der Waals surface area (Å²) in [5.74, 6) is 0.595. The van der Waals surface area contributed by atoms with Gasteiger partial charge in [0.2, 0.25) is 0 Å². The molecule has 0 saturated carbocycles. The normalized spacial score (nSPS) is 16.4. The highest BCUT2D eigenvalue weighted by Crippen LogP contribution is 2.04. The summed E-state index contributed by atoms with van der Waals surface area (Å²) in [5.41, 5.74) is 0.0336. The number of nitrogens with one attached hydrogen (secondary N) is 1. The zero-order valence-electron chi connectivity index (χ0n) is 9.65. The van der Waals surface area contributed by atoms with Crippen LogP contribution in [-0.2, 0) is 6.54 Å². The average Bonchev–Trinajstić information content (AvgIpc) is 2.33. The van der Waals surface area contributed by atoms with Crippen molar-refractivity contribution in [2.24, 2.45) is 0 Å². The van der Waals surface area contributed by atoms with Crippen LogP contribution >= 0.6 is 0 Å². The Bertz CT molecular complexity index is 395. The molecule has 1 fully saturated rings. The Kier molecular flexibility index (Phi) is 3.56. The lowest BCUT2D eigenvalue weighted by Crippen LogP contribution is -2.46. The van der Waals surface area contributed by atoms with E-state index in [1.165, 1.54) is 0 Å². The SMILES string of the molecule is CCCn1ccnc(N2CCNCC2)c1=O. The van der Waals surface area contributed by atoms with E-state index >= 15 is 0 Å². The first-order valence-electron chi connectivity index (χ1n) is 5.84. The minimum atomic E-state index is 0.0336. The Morgan fingerprint density at radius 3 is 2.88 bits per heavy atom. The van der Waals surface area contributed by atoms with Gasteiger partial charge in [0.1, 0.15) is 0 Å². The summed E-state index contributed by atoms with van der Waals surface area (Å²) >= 11 is 0. The maximum absolute atomic E-state index is 12.1. The molecule has 1 aromatic heterocycles. The summed E-state index contributed by atoms with van der Waals surface area (Å²) in [4.78, 5) is 18.4. The average molecular weight is 222 g/mol. The molecule has 0 aromatic carbocycles. The molecule has 0 unspecified atom stereocenters. The molecule has 1 aliphatic heterocycles. The van der Waals surface area contributed by atoms with E-state index in [0.717, 1.165) is 39.1 Å². The standard InChI is InChI=1S/C11H18N4O/c1-2-6-15-9-5-13-10(11(15)16)14-7-3-12-4-8-14/h5,9,12H,2-4,6-8H2,1H3. The van der Waals surface area contributed by atoms with Crippen molar-refractivity contribution >= 4 is 5.82 Å². The second kappa shape index (κ2) is 5.12. The van der Waals surface area contributed by atoms with Crippen LogP contribution in [0.2, 0.25) is 0 Å². The van der Waals surface area contributed by atoms with Gasteiger partial charge in [0.25, 0.3) is 5.56 Å². The monoisotopic (exact) mass is 222 g/mol. The van der Waals surface area contributed by atoms with Crippen LogP contribution in [0.15, 0.2) is 17.2 Å². The Hall–Kier alpha value is -1.36. The molecule has 0 bridgehead atoms. The van der Waals surface area contributed by atoms with Gasteiger partial charge < -0.3 is 14.8 Å². The molecule has 2 rings (SSSR count). The van der Waals surface area contributed by atoms with E-state index in [0.29, 0.717) is 5.82 Å². The fourth-order valence-electron chi connectivity index (χ4n) is 1.95. The number of aromatic nitrogens is 2. The third-order valence-corrected chi connectivity index (χ3v) is 2.78. The predicted octanol–water partition coefficient (Wildman–Crippen LogP) is 0.0629. The van der Waals surface area contributed by atoms with Crippen LogP contribution in [0.1, 0.15) is 13.3 Å². The molecule has 0 amide bonds. The summed E-state index contributed by atoms with van der Waals surface area (Å²) in [6.07, 6.45) is 4.44. The number of rotatable bonds is 3. The van der Waals surface area contributed by atoms with Gasteiger partial charge in [-0.05, 0) is 6.42 Å². The molecule has 1 aromatic rings. The van der Waals surface area contributed by atoms with Gasteiger partial charge in [-0.3, -0.25) is 4.79 Å². The van der Waals surface area contributed by atoms with E-state index in [1.807, 2.05) is 0 Å². The lowest BCUT2D eigenvalue weighted by Gasteiger charge is -2.27. The molecule has 1 saturated heterocycles. The maximum atomic E-state index is 12.1. The Balaban J connectivity index is 2.26. The van der Waals surface area contributed by atoms with Gasteiger partial charge in [-0.2, -0.15) is 0 Å². The van der Waals surface area contributed by atoms with Crippen molar-refractivity contribution in [2.45, 2.75) is 19.9 Å². The molecule has 1 N–H and O–H groups in total. The topological polar surface area (TPSA) is 50.2 Å². The van der Waals surface area contributed by atoms with E-state index in [9.17, 15) is 4.79 Å². The van der Waals surface area contributed by atoms with Crippen molar-refractivity contribution in [3.63, 3.8) is 0 Å². The lowest BCUT2D eigenvalue weighted by molar-refractivity contribution is 0.574. The molecule has 0 atom stereocenters. The van der Waals surface area contributed by atoms with Crippen molar-refractivity contribution in [2.75, 3.05) is 31.1 Å². The Morgan fingerprint density at radius 1 is 1.44 bits per heavy atom. The molecular weight excluding hydrogens is 204 g/mol. The number of nitrogens with zero attached hydrogens (tertiary/aromatic N) is 3. The van der Waals surface area contributed by atoms with Gasteiger partial charge in [-0.25, -0.2) is 4.98 Å². The van der Waals surface area contributed by atoms with E-state index < -0.39 is 0 Å². The second-order valence-electron chi connectivity index (χ2n) is 3.99. The molecular formula is C11H18N4O. The molecule has 16 heavy (non-hydrogen) atoms. The molecule has 5 nitrogen and oxygen atoms in total. The van der Waals surface area contributed by atoms with Gasteiger partial charge >= 0.3 is 0 Å². The molecule has 0 aliphatic carbocycles. The third kappa shape index (κ3) is 2.24. The van der Waals surface area contributed by atoms with Crippen LogP contribution < -0.4 is 15.8 Å². The van der Waals surface area contributed by atoms with Crippen molar-refractivity contribution in [3.05, 3.63) is 22.7 Å². The third-order valence-electron chi connectivity index (χ3n) is 2.78. The van der Waals surface area contributed by atoms with Crippen molar-refractivity contribution in [1.29, 1.82) is 0 Å². The molecule has 2 heterocycles. The van der Waals surface area contributed by atoms with Gasteiger partial charge in [-0.15, -0.1) is 0 Å². The minimum Gasteiger partial charge on any atom is -0.349 e. The summed E-state index contributed by atoms with van der Waals surface area (Å²) in [5, 5.41) is 3.27. The quantitative estimate of drug-likeness (QED) is 0.786. The molecule has 0 spiro atoms. The van der Waals surface area contributed by atoms with E-state index in [4.69, 9.17) is 0 Å². The van der Waals surface area contributed by atoms with Crippen LogP contribution in [0.25, 0.3) is 0 Å². The van der Waals surface area contributed by atoms with Gasteiger partial charge in [0, 0.05) is 45.1 Å². The lowest BCUT2D eigenvalue weighted by atomic mass is 10.3. The number of hydrogen-bond acceptors (Lipinski definition) is 4. The van der Waals surface area contributed by atoms with Crippen LogP contribution in [0.3, 0.4) is 0 Å². The predicted molar refractivity (Wildman–Crippen MR) is 63.9 cm³/mol. The highest BCUT2D eigenvalue weighted by atomic mass is 16.1. The molecule has 5 heteroatoms. The van der Waals surface area contributed by atoms with E-state index in [1.54, 1.807) is 17.0 Å². The van der Waals surface area contributed by atoms with Crippen LogP contribution in [0.4, 0.5) is 5.82 Å². The first-order valence-corrected chi connectivity index (χ1v) is 5.84. The smallest absolute Gasteiger partial charge is 0.293 e. The number of aryl methyl sites for hydroxylation is 1. The molecule has 88 valence electrons. The fourth-order valence-corrected chi connectivity index (χ4v) is 1.95. The minimum absolute atomic E-state index is 0.0336. The van der Waals surface area contributed by atoms with Crippen LogP contribution in [-0.4, -0.2) is 35.7 Å². The summed E-state index contributed by atoms with van der Waals surface area (Å²) in [6, 6.07) is 0. The number of piperazine rings is 1. The van der Waals surface area contributed by atoms with E-state index in [2.05, 4.69) is 22.1 Å². The maximum Gasteiger partial charge on any atom is 0.293 e. The van der Waals surface area contributed by atoms with E-state index in [-0.39, 0.29) is 5.56 Å². The highest BCUT2D eigenvalue weighted by molar-refractivity contribution is 5.36. The van der Waals surface area contributed by atoms with Gasteiger partial charge in [-0.1, -0.05) is 6.92 Å². The Labute approximate surface area is 95.1 Å². The van der Waals surface area contributed by atoms with Gasteiger partial charge in [0.15, 0.2) is 5.82 Å². The molecule has 0 radical (unpaired) electrons. The van der Waals surface area contributed by atoms with Crippen molar-refractivity contribution in [3.8, 4) is 0 Å². The first-order chi connectivity index (χ1) is 7.83. The fraction of sp³-hybridized carbons (Fsp3) is 0.636. The summed E-state index contributed by atoms with van der Waals surface area (Å²) in [6.45, 7) is 6.39. The summed E-state index contributed by atoms with van der Waals surface area (Å²) in [7, 11) is 0. The number of anilines is 1. The highest BCUT2D eigenvalue weighted by Gasteiger charge is 2.15. The summed E-state index contributed by atoms with van der Waals surface area (Å²) < 4.78 is 1.74. The van der Waals surface area contributed by atoms with Crippen LogP contribution in [0, 0.1) is 0 Å². The largest absolute Gasteiger partial charge is 0.349 e.